The van der Waals surface area contributed by atoms with Crippen molar-refractivity contribution in [1.82, 2.24) is 5.32 Å². The molecule has 3 amide bonds. The van der Waals surface area contributed by atoms with Crippen LogP contribution in [0.3, 0.4) is 0 Å². The second kappa shape index (κ2) is 8.16. The van der Waals surface area contributed by atoms with E-state index in [9.17, 15) is 14.0 Å². The van der Waals surface area contributed by atoms with E-state index < -0.39 is 24.4 Å². The van der Waals surface area contributed by atoms with Crippen LogP contribution in [-0.4, -0.2) is 25.7 Å². The quantitative estimate of drug-likeness (QED) is 0.866. The van der Waals surface area contributed by atoms with Gasteiger partial charge < -0.3 is 14.8 Å². The van der Waals surface area contributed by atoms with Crippen LogP contribution in [0.2, 0.25) is 5.02 Å². The molecule has 0 unspecified atom stereocenters. The van der Waals surface area contributed by atoms with Gasteiger partial charge in [-0.05, 0) is 42.5 Å². The fourth-order valence-electron chi connectivity index (χ4n) is 1.73. The second-order valence-corrected chi connectivity index (χ2v) is 5.00. The van der Waals surface area contributed by atoms with Crippen molar-refractivity contribution in [1.29, 1.82) is 0 Å². The van der Waals surface area contributed by atoms with Gasteiger partial charge in [-0.2, -0.15) is 0 Å². The van der Waals surface area contributed by atoms with Gasteiger partial charge in [-0.25, -0.2) is 9.18 Å². The molecule has 0 aliphatic rings. The zero-order valence-electron chi connectivity index (χ0n) is 12.6. The Morgan fingerprint density at radius 3 is 2.50 bits per heavy atom. The van der Waals surface area contributed by atoms with Crippen molar-refractivity contribution < 1.29 is 23.5 Å². The van der Waals surface area contributed by atoms with Gasteiger partial charge in [-0.15, -0.1) is 0 Å². The summed E-state index contributed by atoms with van der Waals surface area (Å²) in [4.78, 5) is 23.4. The Labute approximate surface area is 142 Å². The summed E-state index contributed by atoms with van der Waals surface area (Å²) in [6.07, 6.45) is 0. The van der Waals surface area contributed by atoms with Crippen LogP contribution in [0.5, 0.6) is 11.5 Å². The molecule has 0 radical (unpaired) electrons. The van der Waals surface area contributed by atoms with E-state index in [0.29, 0.717) is 11.4 Å². The van der Waals surface area contributed by atoms with Crippen molar-refractivity contribution in [3.05, 3.63) is 53.3 Å². The van der Waals surface area contributed by atoms with E-state index in [4.69, 9.17) is 21.1 Å². The van der Waals surface area contributed by atoms with Gasteiger partial charge in [-0.1, -0.05) is 11.6 Å². The molecule has 0 aromatic heterocycles. The first-order valence-electron chi connectivity index (χ1n) is 6.80. The summed E-state index contributed by atoms with van der Waals surface area (Å²) in [6.45, 7) is -0.443. The SMILES string of the molecule is COc1ccc(NC(=O)NC(=O)COc2ccc(F)cc2Cl)cc1. The summed E-state index contributed by atoms with van der Waals surface area (Å²) < 4.78 is 23.0. The molecule has 2 N–H and O–H groups in total. The van der Waals surface area contributed by atoms with Crippen LogP contribution in [-0.2, 0) is 4.79 Å². The fourth-order valence-corrected chi connectivity index (χ4v) is 1.96. The number of rotatable bonds is 5. The minimum absolute atomic E-state index is 0.0329. The van der Waals surface area contributed by atoms with Gasteiger partial charge in [0.15, 0.2) is 6.61 Å². The number of carbonyl (C=O) groups excluding carboxylic acids is 2. The van der Waals surface area contributed by atoms with Crippen molar-refractivity contribution in [2.24, 2.45) is 0 Å². The first-order valence-corrected chi connectivity index (χ1v) is 7.18. The molecule has 6 nitrogen and oxygen atoms in total. The van der Waals surface area contributed by atoms with Gasteiger partial charge in [0.2, 0.25) is 0 Å². The Kier molecular flexibility index (Phi) is 5.97. The monoisotopic (exact) mass is 352 g/mol. The Morgan fingerprint density at radius 2 is 1.88 bits per heavy atom. The molecule has 0 fully saturated rings. The molecule has 0 saturated carbocycles. The Balaban J connectivity index is 1.81. The molecule has 2 aromatic carbocycles. The average Bonchev–Trinajstić information content (AvgIpc) is 2.54. The van der Waals surface area contributed by atoms with E-state index in [-0.39, 0.29) is 10.8 Å². The van der Waals surface area contributed by atoms with Gasteiger partial charge in [0.1, 0.15) is 17.3 Å². The second-order valence-electron chi connectivity index (χ2n) is 4.59. The van der Waals surface area contributed by atoms with E-state index in [1.54, 1.807) is 24.3 Å². The number of imide groups is 1. The average molecular weight is 353 g/mol. The molecule has 0 atom stereocenters. The molecule has 2 rings (SSSR count). The Morgan fingerprint density at radius 1 is 1.17 bits per heavy atom. The third-order valence-electron chi connectivity index (χ3n) is 2.85. The Bertz CT molecular complexity index is 737. The van der Waals surface area contributed by atoms with Crippen molar-refractivity contribution in [3.63, 3.8) is 0 Å². The summed E-state index contributed by atoms with van der Waals surface area (Å²) in [7, 11) is 1.53. The first-order chi connectivity index (χ1) is 11.5. The lowest BCUT2D eigenvalue weighted by Crippen LogP contribution is -2.37. The minimum atomic E-state index is -0.709. The lowest BCUT2D eigenvalue weighted by atomic mass is 10.3. The summed E-state index contributed by atoms with van der Waals surface area (Å²) in [5.41, 5.74) is 0.489. The number of carbonyl (C=O) groups is 2. The van der Waals surface area contributed by atoms with Crippen LogP contribution < -0.4 is 20.1 Å². The molecule has 0 aliphatic carbocycles. The number of hydrogen-bond acceptors (Lipinski definition) is 4. The highest BCUT2D eigenvalue weighted by molar-refractivity contribution is 6.32. The van der Waals surface area contributed by atoms with E-state index in [0.717, 1.165) is 12.1 Å². The number of anilines is 1. The zero-order valence-corrected chi connectivity index (χ0v) is 13.4. The Hall–Kier alpha value is -2.80. The number of nitrogens with one attached hydrogen (secondary N) is 2. The first kappa shape index (κ1) is 17.6. The normalized spacial score (nSPS) is 9.96. The van der Waals surface area contributed by atoms with E-state index in [2.05, 4.69) is 10.6 Å². The van der Waals surface area contributed by atoms with Crippen LogP contribution in [0.15, 0.2) is 42.5 Å². The molecular formula is C16H14ClFN2O4. The molecule has 0 aliphatic heterocycles. The van der Waals surface area contributed by atoms with Crippen molar-refractivity contribution in [2.75, 3.05) is 19.0 Å². The smallest absolute Gasteiger partial charge is 0.325 e. The molecule has 0 heterocycles. The fraction of sp³-hybridized carbons (Fsp3) is 0.125. The van der Waals surface area contributed by atoms with E-state index >= 15 is 0 Å². The van der Waals surface area contributed by atoms with Gasteiger partial charge in [0.25, 0.3) is 5.91 Å². The van der Waals surface area contributed by atoms with Gasteiger partial charge in [-0.3, -0.25) is 10.1 Å². The number of hydrogen-bond donors (Lipinski definition) is 2. The van der Waals surface area contributed by atoms with Crippen LogP contribution >= 0.6 is 11.6 Å². The summed E-state index contributed by atoms with van der Waals surface area (Å²) in [6, 6.07) is 9.37. The molecule has 0 spiro atoms. The standard InChI is InChI=1S/C16H14ClFN2O4/c1-23-12-5-3-11(4-6-12)19-16(22)20-15(21)9-24-14-7-2-10(18)8-13(14)17/h2-8H,9H2,1H3,(H2,19,20,21,22). The van der Waals surface area contributed by atoms with Crippen molar-refractivity contribution >= 4 is 29.2 Å². The van der Waals surface area contributed by atoms with Crippen LogP contribution in [0.1, 0.15) is 0 Å². The van der Waals surface area contributed by atoms with Crippen LogP contribution in [0, 0.1) is 5.82 Å². The highest BCUT2D eigenvalue weighted by Gasteiger charge is 2.10. The van der Waals surface area contributed by atoms with Crippen molar-refractivity contribution in [3.8, 4) is 11.5 Å². The maximum Gasteiger partial charge on any atom is 0.325 e. The highest BCUT2D eigenvalue weighted by Crippen LogP contribution is 2.24. The number of amides is 3. The summed E-state index contributed by atoms with van der Waals surface area (Å²) in [5, 5.41) is 4.61. The maximum absolute atomic E-state index is 12.9. The third kappa shape index (κ3) is 5.13. The van der Waals surface area contributed by atoms with E-state index in [1.807, 2.05) is 0 Å². The summed E-state index contributed by atoms with van der Waals surface area (Å²) >= 11 is 5.76. The number of urea groups is 1. The number of benzene rings is 2. The van der Waals surface area contributed by atoms with Crippen LogP contribution in [0.4, 0.5) is 14.9 Å². The molecule has 8 heteroatoms. The topological polar surface area (TPSA) is 76.7 Å². The minimum Gasteiger partial charge on any atom is -0.497 e. The number of ether oxygens (including phenoxy) is 2. The lowest BCUT2D eigenvalue weighted by molar-refractivity contribution is -0.121. The molecule has 0 bridgehead atoms. The molecule has 24 heavy (non-hydrogen) atoms. The van der Waals surface area contributed by atoms with E-state index in [1.165, 1.54) is 13.2 Å². The lowest BCUT2D eigenvalue weighted by Gasteiger charge is -2.09. The van der Waals surface area contributed by atoms with Gasteiger partial charge >= 0.3 is 6.03 Å². The predicted octanol–water partition coefficient (Wildman–Crippen LogP) is 3.21. The van der Waals surface area contributed by atoms with Gasteiger partial charge in [0.05, 0.1) is 12.1 Å². The molecule has 126 valence electrons. The van der Waals surface area contributed by atoms with Crippen molar-refractivity contribution in [2.45, 2.75) is 0 Å². The molecule has 0 saturated heterocycles. The molecular weight excluding hydrogens is 339 g/mol. The van der Waals surface area contributed by atoms with Gasteiger partial charge in [0, 0.05) is 5.69 Å². The highest BCUT2D eigenvalue weighted by atomic mass is 35.5. The van der Waals surface area contributed by atoms with Crippen LogP contribution in [0.25, 0.3) is 0 Å². The number of halogens is 2. The zero-order chi connectivity index (χ0) is 17.5. The number of methoxy groups -OCH3 is 1. The largest absolute Gasteiger partial charge is 0.497 e. The summed E-state index contributed by atoms with van der Waals surface area (Å²) in [5.74, 6) is -0.414. The predicted molar refractivity (Wildman–Crippen MR) is 87.1 cm³/mol. The molecule has 2 aromatic rings. The third-order valence-corrected chi connectivity index (χ3v) is 3.15. The maximum atomic E-state index is 12.9.